The molecule has 0 aromatic heterocycles. The second kappa shape index (κ2) is 5.97. The van der Waals surface area contributed by atoms with Crippen molar-refractivity contribution >= 4 is 17.3 Å². The fraction of sp³-hybridized carbons (Fsp3) is 0.500. The highest BCUT2D eigenvalue weighted by Gasteiger charge is 2.11. The normalized spacial score (nSPS) is 10.3. The second-order valence-electron chi connectivity index (χ2n) is 3.77. The summed E-state index contributed by atoms with van der Waals surface area (Å²) in [5, 5.41) is 9.51. The fourth-order valence-electron chi connectivity index (χ4n) is 1.69. The third-order valence-electron chi connectivity index (χ3n) is 2.49. The van der Waals surface area contributed by atoms with Crippen LogP contribution in [0.3, 0.4) is 0 Å². The Morgan fingerprint density at radius 1 is 1.44 bits per heavy atom. The third kappa shape index (κ3) is 3.03. The molecule has 0 amide bonds. The molecule has 0 aliphatic rings. The zero-order valence-electron chi connectivity index (χ0n) is 9.96. The number of rotatable bonds is 5. The van der Waals surface area contributed by atoms with Gasteiger partial charge in [-0.05, 0) is 31.0 Å². The van der Waals surface area contributed by atoms with E-state index in [1.54, 1.807) is 7.11 Å². The first-order valence-electron chi connectivity index (χ1n) is 5.26. The van der Waals surface area contributed by atoms with Gasteiger partial charge in [0.15, 0.2) is 0 Å². The molecule has 1 N–H and O–H groups in total. The van der Waals surface area contributed by atoms with E-state index in [2.05, 4.69) is 0 Å². The Hall–Kier alpha value is -0.930. The summed E-state index contributed by atoms with van der Waals surface area (Å²) in [6, 6.07) is 3.76. The van der Waals surface area contributed by atoms with Crippen LogP contribution in [0.4, 0.5) is 5.69 Å². The number of hydrogen-bond donors (Lipinski definition) is 1. The largest absolute Gasteiger partial charge is 0.494 e. The van der Waals surface area contributed by atoms with Gasteiger partial charge < -0.3 is 14.7 Å². The zero-order valence-corrected chi connectivity index (χ0v) is 10.7. The van der Waals surface area contributed by atoms with Gasteiger partial charge in [-0.25, -0.2) is 0 Å². The van der Waals surface area contributed by atoms with Gasteiger partial charge in [-0.3, -0.25) is 0 Å². The van der Waals surface area contributed by atoms with Gasteiger partial charge in [-0.2, -0.15) is 0 Å². The van der Waals surface area contributed by atoms with Crippen molar-refractivity contribution in [1.82, 2.24) is 0 Å². The van der Waals surface area contributed by atoms with Crippen molar-refractivity contribution in [1.29, 1.82) is 0 Å². The lowest BCUT2D eigenvalue weighted by Crippen LogP contribution is -2.20. The molecule has 0 spiro atoms. The molecule has 90 valence electrons. The predicted octanol–water partition coefficient (Wildman–Crippen LogP) is 2.48. The van der Waals surface area contributed by atoms with Crippen LogP contribution < -0.4 is 9.64 Å². The van der Waals surface area contributed by atoms with Gasteiger partial charge >= 0.3 is 0 Å². The van der Waals surface area contributed by atoms with Crippen LogP contribution in [0.15, 0.2) is 12.1 Å². The van der Waals surface area contributed by atoms with Gasteiger partial charge in [0, 0.05) is 25.2 Å². The van der Waals surface area contributed by atoms with Gasteiger partial charge in [-0.1, -0.05) is 11.6 Å². The number of aliphatic hydroxyl groups is 1. The predicted molar refractivity (Wildman–Crippen MR) is 67.7 cm³/mol. The lowest BCUT2D eigenvalue weighted by atomic mass is 10.1. The van der Waals surface area contributed by atoms with E-state index in [0.29, 0.717) is 5.02 Å². The summed E-state index contributed by atoms with van der Waals surface area (Å²) < 4.78 is 5.37. The van der Waals surface area contributed by atoms with E-state index in [9.17, 15) is 0 Å². The van der Waals surface area contributed by atoms with Gasteiger partial charge in [0.05, 0.1) is 12.8 Å². The number of nitrogens with zero attached hydrogens (tertiary/aromatic N) is 1. The van der Waals surface area contributed by atoms with E-state index in [-0.39, 0.29) is 6.61 Å². The highest BCUT2D eigenvalue weighted by molar-refractivity contribution is 6.31. The molecule has 1 aromatic rings. The van der Waals surface area contributed by atoms with Gasteiger partial charge in [0.1, 0.15) is 5.75 Å². The molecule has 1 rings (SSSR count). The first-order valence-corrected chi connectivity index (χ1v) is 5.64. The van der Waals surface area contributed by atoms with E-state index in [0.717, 1.165) is 30.0 Å². The van der Waals surface area contributed by atoms with Crippen LogP contribution >= 0.6 is 11.6 Å². The van der Waals surface area contributed by atoms with Crippen LogP contribution in [0.25, 0.3) is 0 Å². The Morgan fingerprint density at radius 2 is 2.12 bits per heavy atom. The standard InChI is InChI=1S/C12H18ClNO2/c1-9-7-10(13)8-11(12(9)16-3)14(2)5-4-6-15/h7-8,15H,4-6H2,1-3H3. The number of methoxy groups -OCH3 is 1. The molecule has 0 radical (unpaired) electrons. The Bertz CT molecular complexity index is 355. The van der Waals surface area contributed by atoms with Crippen molar-refractivity contribution in [3.63, 3.8) is 0 Å². The Kier molecular flexibility index (Phi) is 4.90. The van der Waals surface area contributed by atoms with Crippen LogP contribution in [-0.2, 0) is 0 Å². The number of halogens is 1. The summed E-state index contributed by atoms with van der Waals surface area (Å²) in [6.45, 7) is 2.92. The Morgan fingerprint density at radius 3 is 2.69 bits per heavy atom. The summed E-state index contributed by atoms with van der Waals surface area (Å²) in [4.78, 5) is 2.04. The quantitative estimate of drug-likeness (QED) is 0.863. The number of anilines is 1. The lowest BCUT2D eigenvalue weighted by Gasteiger charge is -2.22. The summed E-state index contributed by atoms with van der Waals surface area (Å²) in [5.74, 6) is 0.838. The number of hydrogen-bond acceptors (Lipinski definition) is 3. The molecule has 3 nitrogen and oxygen atoms in total. The summed E-state index contributed by atoms with van der Waals surface area (Å²) in [6.07, 6.45) is 0.727. The van der Waals surface area contributed by atoms with E-state index in [1.807, 2.05) is 31.0 Å². The molecule has 0 heterocycles. The van der Waals surface area contributed by atoms with Crippen molar-refractivity contribution in [2.45, 2.75) is 13.3 Å². The maximum absolute atomic E-state index is 8.81. The molecule has 0 aliphatic carbocycles. The summed E-state index contributed by atoms with van der Waals surface area (Å²) >= 11 is 6.03. The summed E-state index contributed by atoms with van der Waals surface area (Å²) in [5.41, 5.74) is 1.97. The van der Waals surface area contributed by atoms with Crippen molar-refractivity contribution in [3.05, 3.63) is 22.7 Å². The number of benzene rings is 1. The highest BCUT2D eigenvalue weighted by atomic mass is 35.5. The minimum atomic E-state index is 0.187. The molecule has 4 heteroatoms. The molecule has 0 saturated heterocycles. The SMILES string of the molecule is COc1c(C)cc(Cl)cc1N(C)CCCO. The van der Waals surface area contributed by atoms with Crippen LogP contribution in [0.1, 0.15) is 12.0 Å². The van der Waals surface area contributed by atoms with E-state index in [4.69, 9.17) is 21.4 Å². The average molecular weight is 244 g/mol. The molecule has 0 unspecified atom stereocenters. The van der Waals surface area contributed by atoms with Crippen molar-refractivity contribution in [3.8, 4) is 5.75 Å². The van der Waals surface area contributed by atoms with Crippen LogP contribution in [-0.4, -0.2) is 32.4 Å². The smallest absolute Gasteiger partial charge is 0.145 e. The molecule has 16 heavy (non-hydrogen) atoms. The topological polar surface area (TPSA) is 32.7 Å². The molecule has 0 bridgehead atoms. The number of aliphatic hydroxyl groups excluding tert-OH is 1. The molecule has 1 aromatic carbocycles. The Balaban J connectivity index is 3.00. The van der Waals surface area contributed by atoms with Gasteiger partial charge in [0.2, 0.25) is 0 Å². The third-order valence-corrected chi connectivity index (χ3v) is 2.71. The van der Waals surface area contributed by atoms with Gasteiger partial charge in [-0.15, -0.1) is 0 Å². The van der Waals surface area contributed by atoms with E-state index >= 15 is 0 Å². The molecule has 0 saturated carbocycles. The minimum Gasteiger partial charge on any atom is -0.494 e. The van der Waals surface area contributed by atoms with E-state index in [1.165, 1.54) is 0 Å². The molecule has 0 atom stereocenters. The maximum atomic E-state index is 8.81. The maximum Gasteiger partial charge on any atom is 0.145 e. The second-order valence-corrected chi connectivity index (χ2v) is 4.21. The summed E-state index contributed by atoms with van der Waals surface area (Å²) in [7, 11) is 3.61. The van der Waals surface area contributed by atoms with Crippen molar-refractivity contribution in [2.24, 2.45) is 0 Å². The molecular weight excluding hydrogens is 226 g/mol. The van der Waals surface area contributed by atoms with Gasteiger partial charge in [0.25, 0.3) is 0 Å². The fourth-order valence-corrected chi connectivity index (χ4v) is 1.96. The first kappa shape index (κ1) is 13.1. The molecule has 0 fully saturated rings. The van der Waals surface area contributed by atoms with Crippen molar-refractivity contribution in [2.75, 3.05) is 32.2 Å². The molecular formula is C12H18ClNO2. The van der Waals surface area contributed by atoms with Crippen molar-refractivity contribution < 1.29 is 9.84 Å². The monoisotopic (exact) mass is 243 g/mol. The highest BCUT2D eigenvalue weighted by Crippen LogP contribution is 2.34. The van der Waals surface area contributed by atoms with Crippen LogP contribution in [0.5, 0.6) is 5.75 Å². The number of ether oxygens (including phenoxy) is 1. The molecule has 0 aliphatic heterocycles. The zero-order chi connectivity index (χ0) is 12.1. The van der Waals surface area contributed by atoms with E-state index < -0.39 is 0 Å². The van der Waals surface area contributed by atoms with Crippen LogP contribution in [0.2, 0.25) is 5.02 Å². The minimum absolute atomic E-state index is 0.187. The first-order chi connectivity index (χ1) is 7.60. The lowest BCUT2D eigenvalue weighted by molar-refractivity contribution is 0.290. The number of aryl methyl sites for hydroxylation is 1. The average Bonchev–Trinajstić information content (AvgIpc) is 2.24. The van der Waals surface area contributed by atoms with Crippen LogP contribution in [0, 0.1) is 6.92 Å². The Labute approximate surface area is 102 Å².